The van der Waals surface area contributed by atoms with E-state index in [0.29, 0.717) is 12.3 Å². The van der Waals surface area contributed by atoms with Crippen LogP contribution in [0.1, 0.15) is 59.8 Å². The summed E-state index contributed by atoms with van der Waals surface area (Å²) >= 11 is 0. The maximum atomic E-state index is 12.7. The summed E-state index contributed by atoms with van der Waals surface area (Å²) in [7, 11) is 0. The van der Waals surface area contributed by atoms with Crippen molar-refractivity contribution in [2.24, 2.45) is 11.8 Å². The normalized spacial score (nSPS) is 28.6. The van der Waals surface area contributed by atoms with Gasteiger partial charge in [0.25, 0.3) is 0 Å². The zero-order valence-electron chi connectivity index (χ0n) is 14.0. The van der Waals surface area contributed by atoms with Crippen LogP contribution >= 0.6 is 0 Å². The Hall–Kier alpha value is -1.06. The molecule has 0 bridgehead atoms. The maximum Gasteiger partial charge on any atom is 0.224 e. The third-order valence-corrected chi connectivity index (χ3v) is 5.09. The molecule has 1 heterocycles. The van der Waals surface area contributed by atoms with Crippen molar-refractivity contribution in [3.05, 3.63) is 0 Å². The van der Waals surface area contributed by atoms with Gasteiger partial charge in [0.15, 0.2) is 0 Å². The third kappa shape index (κ3) is 4.21. The largest absolute Gasteiger partial charge is 0.340 e. The lowest BCUT2D eigenvalue weighted by molar-refractivity contribution is -0.138. The van der Waals surface area contributed by atoms with E-state index in [2.05, 4.69) is 20.8 Å². The summed E-state index contributed by atoms with van der Waals surface area (Å²) in [5.41, 5.74) is 0. The first-order chi connectivity index (χ1) is 9.90. The number of carbonyl (C=O) groups is 2. The molecule has 1 aliphatic carbocycles. The van der Waals surface area contributed by atoms with Gasteiger partial charge in [-0.25, -0.2) is 0 Å². The highest BCUT2D eigenvalue weighted by atomic mass is 16.2. The molecule has 2 rings (SSSR count). The first-order valence-corrected chi connectivity index (χ1v) is 8.46. The summed E-state index contributed by atoms with van der Waals surface area (Å²) in [4.78, 5) is 28.3. The summed E-state index contributed by atoms with van der Waals surface area (Å²) in [6, 6.07) is 0.362. The van der Waals surface area contributed by atoms with E-state index < -0.39 is 0 Å². The number of carbonyl (C=O) groups excluding carboxylic acids is 2. The van der Waals surface area contributed by atoms with Crippen molar-refractivity contribution in [3.63, 3.8) is 0 Å². The minimum absolute atomic E-state index is 0.111. The Labute approximate surface area is 128 Å². The number of rotatable bonds is 5. The van der Waals surface area contributed by atoms with Gasteiger partial charge in [0.05, 0.1) is 0 Å². The van der Waals surface area contributed by atoms with Crippen LogP contribution in [0.5, 0.6) is 0 Å². The molecule has 0 aromatic carbocycles. The molecule has 0 spiro atoms. The van der Waals surface area contributed by atoms with E-state index in [1.54, 1.807) is 6.92 Å². The molecule has 21 heavy (non-hydrogen) atoms. The van der Waals surface area contributed by atoms with Crippen molar-refractivity contribution in [2.45, 2.75) is 71.9 Å². The zero-order valence-corrected chi connectivity index (χ0v) is 14.0. The molecule has 1 saturated heterocycles. The monoisotopic (exact) mass is 294 g/mol. The Morgan fingerprint density at radius 1 is 1.29 bits per heavy atom. The zero-order chi connectivity index (χ0) is 15.6. The van der Waals surface area contributed by atoms with Gasteiger partial charge in [0, 0.05) is 38.5 Å². The van der Waals surface area contributed by atoms with Gasteiger partial charge < -0.3 is 9.80 Å². The molecule has 4 heteroatoms. The van der Waals surface area contributed by atoms with Crippen LogP contribution in [-0.4, -0.2) is 46.8 Å². The molecule has 2 fully saturated rings. The fraction of sp³-hybridized carbons (Fsp3) is 0.882. The van der Waals surface area contributed by atoms with Crippen LogP contribution in [-0.2, 0) is 9.59 Å². The molecule has 4 nitrogen and oxygen atoms in total. The predicted molar refractivity (Wildman–Crippen MR) is 83.8 cm³/mol. The fourth-order valence-electron chi connectivity index (χ4n) is 3.45. The topological polar surface area (TPSA) is 40.6 Å². The van der Waals surface area contributed by atoms with Crippen molar-refractivity contribution in [1.82, 2.24) is 9.80 Å². The number of nitrogens with zero attached hydrogens (tertiary/aromatic N) is 2. The lowest BCUT2D eigenvalue weighted by atomic mass is 9.98. The van der Waals surface area contributed by atoms with Crippen molar-refractivity contribution < 1.29 is 9.59 Å². The average molecular weight is 294 g/mol. The van der Waals surface area contributed by atoms with Crippen molar-refractivity contribution >= 4 is 11.8 Å². The SMILES string of the molecule is CC(=O)N1CCCC[C@@H]1CC(=O)N(C[C@H]1C[C@@H]1C)C(C)C. The second kappa shape index (κ2) is 6.80. The Morgan fingerprint density at radius 2 is 1.95 bits per heavy atom. The van der Waals surface area contributed by atoms with Crippen LogP contribution in [0.15, 0.2) is 0 Å². The molecule has 0 aromatic heterocycles. The van der Waals surface area contributed by atoms with Crippen LogP contribution in [0.3, 0.4) is 0 Å². The Bertz CT molecular complexity index is 394. The minimum Gasteiger partial charge on any atom is -0.340 e. The molecule has 1 aliphatic heterocycles. The predicted octanol–water partition coefficient (Wildman–Crippen LogP) is 2.67. The summed E-state index contributed by atoms with van der Waals surface area (Å²) in [6.45, 7) is 9.77. The standard InChI is InChI=1S/C17H30N2O2/c1-12(2)19(11-15-9-13(15)3)17(21)10-16-7-5-6-8-18(16)14(4)20/h12-13,15-16H,5-11H2,1-4H3/t13-,15+,16+/m0/s1. The van der Waals surface area contributed by atoms with E-state index in [9.17, 15) is 9.59 Å². The van der Waals surface area contributed by atoms with E-state index in [-0.39, 0.29) is 23.9 Å². The van der Waals surface area contributed by atoms with Crippen molar-refractivity contribution in [1.29, 1.82) is 0 Å². The van der Waals surface area contributed by atoms with E-state index in [0.717, 1.165) is 38.3 Å². The van der Waals surface area contributed by atoms with Crippen molar-refractivity contribution in [2.75, 3.05) is 13.1 Å². The Balaban J connectivity index is 1.94. The van der Waals surface area contributed by atoms with Gasteiger partial charge >= 0.3 is 0 Å². The summed E-state index contributed by atoms with van der Waals surface area (Å²) in [6.07, 6.45) is 4.91. The van der Waals surface area contributed by atoms with Gasteiger partial charge in [-0.1, -0.05) is 6.92 Å². The molecule has 1 saturated carbocycles. The molecular formula is C17H30N2O2. The highest BCUT2D eigenvalue weighted by Crippen LogP contribution is 2.38. The quantitative estimate of drug-likeness (QED) is 0.782. The van der Waals surface area contributed by atoms with E-state index in [1.165, 1.54) is 6.42 Å². The molecule has 0 radical (unpaired) electrons. The second-order valence-corrected chi connectivity index (χ2v) is 7.18. The number of likely N-dealkylation sites (tertiary alicyclic amines) is 1. The molecule has 2 amide bonds. The van der Waals surface area contributed by atoms with Gasteiger partial charge in [-0.2, -0.15) is 0 Å². The van der Waals surface area contributed by atoms with Gasteiger partial charge in [-0.05, 0) is 51.4 Å². The highest BCUT2D eigenvalue weighted by molar-refractivity contribution is 5.79. The number of amides is 2. The number of piperidine rings is 1. The van der Waals surface area contributed by atoms with E-state index in [1.807, 2.05) is 9.80 Å². The molecular weight excluding hydrogens is 264 g/mol. The van der Waals surface area contributed by atoms with Crippen LogP contribution in [0, 0.1) is 11.8 Å². The summed E-state index contributed by atoms with van der Waals surface area (Å²) < 4.78 is 0. The van der Waals surface area contributed by atoms with Crippen LogP contribution < -0.4 is 0 Å². The molecule has 3 atom stereocenters. The first kappa shape index (κ1) is 16.3. The van der Waals surface area contributed by atoms with E-state index >= 15 is 0 Å². The Morgan fingerprint density at radius 3 is 2.48 bits per heavy atom. The van der Waals surface area contributed by atoms with Gasteiger partial charge in [0.1, 0.15) is 0 Å². The maximum absolute atomic E-state index is 12.7. The molecule has 2 aliphatic rings. The summed E-state index contributed by atoms with van der Waals surface area (Å²) in [5, 5.41) is 0. The second-order valence-electron chi connectivity index (χ2n) is 7.18. The van der Waals surface area contributed by atoms with E-state index in [4.69, 9.17) is 0 Å². The van der Waals surface area contributed by atoms with Crippen molar-refractivity contribution in [3.8, 4) is 0 Å². The van der Waals surface area contributed by atoms with Gasteiger partial charge in [-0.15, -0.1) is 0 Å². The molecule has 120 valence electrons. The van der Waals surface area contributed by atoms with Gasteiger partial charge in [0.2, 0.25) is 11.8 Å². The van der Waals surface area contributed by atoms with Crippen LogP contribution in [0.25, 0.3) is 0 Å². The molecule has 0 aromatic rings. The van der Waals surface area contributed by atoms with Crippen LogP contribution in [0.2, 0.25) is 0 Å². The smallest absolute Gasteiger partial charge is 0.224 e. The lowest BCUT2D eigenvalue weighted by Crippen LogP contribution is -2.47. The first-order valence-electron chi connectivity index (χ1n) is 8.46. The lowest BCUT2D eigenvalue weighted by Gasteiger charge is -2.36. The fourth-order valence-corrected chi connectivity index (χ4v) is 3.45. The minimum atomic E-state index is 0.111. The average Bonchev–Trinajstić information content (AvgIpc) is 3.11. The Kier molecular flexibility index (Phi) is 5.28. The van der Waals surface area contributed by atoms with Gasteiger partial charge in [-0.3, -0.25) is 9.59 Å². The number of hydrogen-bond donors (Lipinski definition) is 0. The molecule has 0 unspecified atom stereocenters. The summed E-state index contributed by atoms with van der Waals surface area (Å²) in [5.74, 6) is 1.79. The number of hydrogen-bond acceptors (Lipinski definition) is 2. The van der Waals surface area contributed by atoms with Crippen LogP contribution in [0.4, 0.5) is 0 Å². The highest BCUT2D eigenvalue weighted by Gasteiger charge is 2.36. The third-order valence-electron chi connectivity index (χ3n) is 5.09. The molecule has 0 N–H and O–H groups in total.